The maximum absolute atomic E-state index is 12.4. The molecule has 2 aromatic heterocycles. The molecule has 1 aliphatic rings. The highest BCUT2D eigenvalue weighted by Gasteiger charge is 2.35. The molecule has 1 amide bonds. The molecule has 122 valence electrons. The fraction of sp³-hybridized carbons (Fsp3) is 0.312. The Morgan fingerprint density at radius 3 is 2.74 bits per heavy atom. The van der Waals surface area contributed by atoms with Gasteiger partial charge < -0.3 is 13.7 Å². The summed E-state index contributed by atoms with van der Waals surface area (Å²) in [6.45, 7) is 0.647. The zero-order chi connectivity index (χ0) is 16.3. The van der Waals surface area contributed by atoms with Crippen molar-refractivity contribution in [2.24, 2.45) is 0 Å². The van der Waals surface area contributed by atoms with Gasteiger partial charge in [-0.05, 0) is 36.8 Å². The summed E-state index contributed by atoms with van der Waals surface area (Å²) in [5.74, 6) is 0.665. The minimum atomic E-state index is -3.34. The highest BCUT2D eigenvalue weighted by atomic mass is 32.2. The molecule has 0 saturated carbocycles. The van der Waals surface area contributed by atoms with E-state index in [-0.39, 0.29) is 18.2 Å². The molecule has 3 heterocycles. The number of rotatable bonds is 5. The van der Waals surface area contributed by atoms with Crippen LogP contribution in [-0.4, -0.2) is 37.6 Å². The first-order chi connectivity index (χ1) is 11.0. The number of carbonyl (C=O) groups is 1. The van der Waals surface area contributed by atoms with Crippen LogP contribution in [0.1, 0.15) is 17.9 Å². The summed E-state index contributed by atoms with van der Waals surface area (Å²) >= 11 is 0. The van der Waals surface area contributed by atoms with E-state index in [9.17, 15) is 13.2 Å². The van der Waals surface area contributed by atoms with Gasteiger partial charge in [0.25, 0.3) is 0 Å². The van der Waals surface area contributed by atoms with Crippen molar-refractivity contribution in [2.75, 3.05) is 13.1 Å². The molecule has 0 aliphatic carbocycles. The molecular formula is C16H17NO5S. The van der Waals surface area contributed by atoms with Crippen LogP contribution in [0, 0.1) is 0 Å². The molecule has 1 atom stereocenters. The van der Waals surface area contributed by atoms with Gasteiger partial charge in [0.05, 0.1) is 17.8 Å². The molecule has 0 spiro atoms. The van der Waals surface area contributed by atoms with Gasteiger partial charge in [0, 0.05) is 19.2 Å². The lowest BCUT2D eigenvalue weighted by Gasteiger charge is -2.14. The molecule has 7 heteroatoms. The third kappa shape index (κ3) is 3.73. The molecular weight excluding hydrogens is 318 g/mol. The van der Waals surface area contributed by atoms with Crippen LogP contribution >= 0.6 is 0 Å². The first kappa shape index (κ1) is 15.6. The van der Waals surface area contributed by atoms with E-state index in [1.54, 1.807) is 35.2 Å². The zero-order valence-corrected chi connectivity index (χ0v) is 13.2. The van der Waals surface area contributed by atoms with Crippen molar-refractivity contribution in [2.45, 2.75) is 17.4 Å². The summed E-state index contributed by atoms with van der Waals surface area (Å²) in [6, 6.07) is 6.78. The van der Waals surface area contributed by atoms with Crippen LogP contribution in [-0.2, 0) is 20.4 Å². The smallest absolute Gasteiger partial charge is 0.246 e. The minimum Gasteiger partial charge on any atom is -0.468 e. The average molecular weight is 335 g/mol. The lowest BCUT2D eigenvalue weighted by Crippen LogP contribution is -2.31. The highest BCUT2D eigenvalue weighted by molar-refractivity contribution is 7.91. The Labute approximate surface area is 134 Å². The van der Waals surface area contributed by atoms with Gasteiger partial charge in [-0.3, -0.25) is 4.79 Å². The van der Waals surface area contributed by atoms with Crippen molar-refractivity contribution in [1.82, 2.24) is 4.90 Å². The Balaban J connectivity index is 1.60. The highest BCUT2D eigenvalue weighted by Crippen LogP contribution is 2.21. The summed E-state index contributed by atoms with van der Waals surface area (Å²) in [5.41, 5.74) is 0. The lowest BCUT2D eigenvalue weighted by molar-refractivity contribution is -0.124. The van der Waals surface area contributed by atoms with Crippen LogP contribution in [0.3, 0.4) is 0 Å². The van der Waals surface area contributed by atoms with E-state index in [4.69, 9.17) is 8.83 Å². The number of likely N-dealkylation sites (tertiary alicyclic amines) is 1. The average Bonchev–Trinajstić information content (AvgIpc) is 3.25. The molecule has 2 aromatic rings. The quantitative estimate of drug-likeness (QED) is 0.782. The van der Waals surface area contributed by atoms with Crippen LogP contribution < -0.4 is 0 Å². The van der Waals surface area contributed by atoms with Crippen molar-refractivity contribution in [3.63, 3.8) is 0 Å². The van der Waals surface area contributed by atoms with Crippen molar-refractivity contribution >= 4 is 21.8 Å². The number of carbonyl (C=O) groups excluding carboxylic acids is 1. The number of hydrogen-bond donors (Lipinski definition) is 0. The third-order valence-corrected chi connectivity index (χ3v) is 5.91. The molecule has 6 nitrogen and oxygen atoms in total. The topological polar surface area (TPSA) is 80.7 Å². The molecule has 23 heavy (non-hydrogen) atoms. The van der Waals surface area contributed by atoms with Crippen molar-refractivity contribution in [3.8, 4) is 0 Å². The second-order valence-corrected chi connectivity index (χ2v) is 7.71. The summed E-state index contributed by atoms with van der Waals surface area (Å²) in [4.78, 5) is 13.7. The van der Waals surface area contributed by atoms with Gasteiger partial charge in [-0.2, -0.15) is 0 Å². The SMILES string of the molecule is O=C(/C=C/c1ccco1)N1CCC(S(=O)(=O)Cc2ccco2)C1. The monoisotopic (exact) mass is 335 g/mol. The van der Waals surface area contributed by atoms with E-state index in [0.29, 0.717) is 24.5 Å². The minimum absolute atomic E-state index is 0.130. The van der Waals surface area contributed by atoms with E-state index < -0.39 is 15.1 Å². The van der Waals surface area contributed by atoms with Gasteiger partial charge in [-0.15, -0.1) is 0 Å². The van der Waals surface area contributed by atoms with Gasteiger partial charge in [-0.1, -0.05) is 0 Å². The standard InChI is InChI=1S/C16H17NO5S/c18-16(6-5-13-3-1-9-21-13)17-8-7-15(11-17)23(19,20)12-14-4-2-10-22-14/h1-6,9-10,15H,7-8,11-12H2/b6-5+. The normalized spacial score (nSPS) is 18.8. The summed E-state index contributed by atoms with van der Waals surface area (Å²) in [5, 5.41) is -0.548. The molecule has 1 fully saturated rings. The van der Waals surface area contributed by atoms with Gasteiger partial charge in [-0.25, -0.2) is 8.42 Å². The molecule has 0 N–H and O–H groups in total. The maximum Gasteiger partial charge on any atom is 0.246 e. The first-order valence-corrected chi connectivity index (χ1v) is 9.00. The first-order valence-electron chi connectivity index (χ1n) is 7.29. The van der Waals surface area contributed by atoms with Gasteiger partial charge >= 0.3 is 0 Å². The van der Waals surface area contributed by atoms with Gasteiger partial charge in [0.1, 0.15) is 17.3 Å². The molecule has 1 aliphatic heterocycles. The summed E-state index contributed by atoms with van der Waals surface area (Å²) < 4.78 is 35.0. The predicted molar refractivity (Wildman–Crippen MR) is 84.1 cm³/mol. The van der Waals surface area contributed by atoms with Crippen LogP contribution in [0.15, 0.2) is 51.7 Å². The molecule has 1 unspecified atom stereocenters. The van der Waals surface area contributed by atoms with Gasteiger partial charge in [0.15, 0.2) is 9.84 Å². The lowest BCUT2D eigenvalue weighted by atomic mass is 10.3. The second-order valence-electron chi connectivity index (χ2n) is 5.43. The predicted octanol–water partition coefficient (Wildman–Crippen LogP) is 2.10. The van der Waals surface area contributed by atoms with Crippen molar-refractivity contribution < 1.29 is 22.0 Å². The number of hydrogen-bond acceptors (Lipinski definition) is 5. The van der Waals surface area contributed by atoms with E-state index >= 15 is 0 Å². The number of nitrogens with zero attached hydrogens (tertiary/aromatic N) is 1. The Morgan fingerprint density at radius 1 is 1.26 bits per heavy atom. The number of sulfone groups is 1. The van der Waals surface area contributed by atoms with Crippen LogP contribution in [0.5, 0.6) is 0 Å². The fourth-order valence-corrected chi connectivity index (χ4v) is 4.25. The fourth-order valence-electron chi connectivity index (χ4n) is 2.58. The maximum atomic E-state index is 12.4. The van der Waals surface area contributed by atoms with Gasteiger partial charge in [0.2, 0.25) is 5.91 Å². The van der Waals surface area contributed by atoms with E-state index in [2.05, 4.69) is 0 Å². The Bertz CT molecular complexity index is 775. The zero-order valence-electron chi connectivity index (χ0n) is 12.4. The largest absolute Gasteiger partial charge is 0.468 e. The van der Waals surface area contributed by atoms with E-state index in [0.717, 1.165) is 0 Å². The Morgan fingerprint density at radius 2 is 2.04 bits per heavy atom. The van der Waals surface area contributed by atoms with Crippen LogP contribution in [0.2, 0.25) is 0 Å². The molecule has 0 aromatic carbocycles. The number of furan rings is 2. The molecule has 0 radical (unpaired) electrons. The Hall–Kier alpha value is -2.28. The molecule has 3 rings (SSSR count). The summed E-state index contributed by atoms with van der Waals surface area (Å²) in [7, 11) is -3.34. The van der Waals surface area contributed by atoms with E-state index in [1.165, 1.54) is 18.6 Å². The van der Waals surface area contributed by atoms with Crippen LogP contribution in [0.25, 0.3) is 6.08 Å². The molecule has 0 bridgehead atoms. The third-order valence-electron chi connectivity index (χ3n) is 3.82. The Kier molecular flexibility index (Phi) is 4.38. The van der Waals surface area contributed by atoms with Crippen LogP contribution in [0.4, 0.5) is 0 Å². The van der Waals surface area contributed by atoms with Crippen molar-refractivity contribution in [3.05, 3.63) is 54.4 Å². The molecule has 1 saturated heterocycles. The number of amides is 1. The van der Waals surface area contributed by atoms with E-state index in [1.807, 2.05) is 0 Å². The summed E-state index contributed by atoms with van der Waals surface area (Å²) in [6.07, 6.45) is 6.41. The second kappa shape index (κ2) is 6.45. The van der Waals surface area contributed by atoms with Crippen molar-refractivity contribution in [1.29, 1.82) is 0 Å².